The van der Waals surface area contributed by atoms with Crippen LogP contribution in [0.4, 0.5) is 4.39 Å². The van der Waals surface area contributed by atoms with Crippen LogP contribution in [0, 0.1) is 5.82 Å². The monoisotopic (exact) mass is 358 g/mol. The van der Waals surface area contributed by atoms with Gasteiger partial charge in [-0.2, -0.15) is 0 Å². The van der Waals surface area contributed by atoms with Crippen molar-refractivity contribution in [3.8, 4) is 0 Å². The van der Waals surface area contributed by atoms with Gasteiger partial charge in [0.1, 0.15) is 5.82 Å². The van der Waals surface area contributed by atoms with Crippen molar-refractivity contribution >= 4 is 5.91 Å². The van der Waals surface area contributed by atoms with Gasteiger partial charge < -0.3 is 14.2 Å². The summed E-state index contributed by atoms with van der Waals surface area (Å²) in [4.78, 5) is 21.6. The summed E-state index contributed by atoms with van der Waals surface area (Å²) in [6, 6.07) is 6.80. The SMILES string of the molecule is Cn1cnc2c1[C@@H](C(=O)N1CCOCC1)CN(Cc1ccccc1F)C2. The second-order valence-electron chi connectivity index (χ2n) is 6.94. The number of morpholine rings is 1. The first kappa shape index (κ1) is 17.2. The van der Waals surface area contributed by atoms with Crippen LogP contribution in [0.2, 0.25) is 0 Å². The number of imidazole rings is 1. The van der Waals surface area contributed by atoms with Crippen LogP contribution < -0.4 is 0 Å². The predicted molar refractivity (Wildman–Crippen MR) is 93.9 cm³/mol. The predicted octanol–water partition coefficient (Wildman–Crippen LogP) is 1.52. The van der Waals surface area contributed by atoms with E-state index in [4.69, 9.17) is 4.74 Å². The van der Waals surface area contributed by atoms with Crippen LogP contribution in [0.25, 0.3) is 0 Å². The molecule has 0 spiro atoms. The Bertz CT molecular complexity index is 801. The Labute approximate surface area is 152 Å². The molecule has 138 valence electrons. The zero-order chi connectivity index (χ0) is 18.1. The lowest BCUT2D eigenvalue weighted by Crippen LogP contribution is -2.47. The Morgan fingerprint density at radius 2 is 2.08 bits per heavy atom. The topological polar surface area (TPSA) is 50.6 Å². The number of rotatable bonds is 3. The van der Waals surface area contributed by atoms with Crippen LogP contribution in [0.5, 0.6) is 0 Å². The summed E-state index contributed by atoms with van der Waals surface area (Å²) >= 11 is 0. The average molecular weight is 358 g/mol. The van der Waals surface area contributed by atoms with E-state index in [2.05, 4.69) is 9.88 Å². The number of benzene rings is 1. The van der Waals surface area contributed by atoms with Crippen molar-refractivity contribution in [3.05, 3.63) is 53.4 Å². The van der Waals surface area contributed by atoms with E-state index in [1.807, 2.05) is 22.6 Å². The van der Waals surface area contributed by atoms with E-state index >= 15 is 0 Å². The largest absolute Gasteiger partial charge is 0.378 e. The molecule has 0 radical (unpaired) electrons. The smallest absolute Gasteiger partial charge is 0.233 e. The Morgan fingerprint density at radius 3 is 2.85 bits per heavy atom. The molecular weight excluding hydrogens is 335 g/mol. The molecule has 4 rings (SSSR count). The summed E-state index contributed by atoms with van der Waals surface area (Å²) in [5.41, 5.74) is 2.53. The lowest BCUT2D eigenvalue weighted by Gasteiger charge is -2.36. The Balaban J connectivity index is 1.59. The van der Waals surface area contributed by atoms with Gasteiger partial charge in [0.15, 0.2) is 0 Å². The van der Waals surface area contributed by atoms with Gasteiger partial charge in [-0.1, -0.05) is 18.2 Å². The fraction of sp³-hybridized carbons (Fsp3) is 0.474. The maximum absolute atomic E-state index is 14.1. The van der Waals surface area contributed by atoms with E-state index in [9.17, 15) is 9.18 Å². The molecule has 0 unspecified atom stereocenters. The van der Waals surface area contributed by atoms with Crippen molar-refractivity contribution in [2.75, 3.05) is 32.8 Å². The van der Waals surface area contributed by atoms with Crippen LogP contribution in [0.3, 0.4) is 0 Å². The molecule has 2 aliphatic heterocycles. The molecule has 1 aromatic heterocycles. The highest BCUT2D eigenvalue weighted by Gasteiger charge is 2.36. The number of hydrogen-bond acceptors (Lipinski definition) is 4. The number of aromatic nitrogens is 2. The molecule has 0 saturated carbocycles. The highest BCUT2D eigenvalue weighted by atomic mass is 19.1. The Kier molecular flexibility index (Phi) is 4.74. The lowest BCUT2D eigenvalue weighted by atomic mass is 9.95. The molecule has 0 aliphatic carbocycles. The number of carbonyl (C=O) groups is 1. The minimum Gasteiger partial charge on any atom is -0.378 e. The van der Waals surface area contributed by atoms with Gasteiger partial charge in [0.2, 0.25) is 5.91 Å². The Morgan fingerprint density at radius 1 is 1.31 bits per heavy atom. The van der Waals surface area contributed by atoms with E-state index < -0.39 is 0 Å². The lowest BCUT2D eigenvalue weighted by molar-refractivity contribution is -0.138. The van der Waals surface area contributed by atoms with Crippen molar-refractivity contribution in [1.82, 2.24) is 19.4 Å². The standard InChI is InChI=1S/C19H23FN4O2/c1-22-13-21-17-12-23(10-14-4-2-3-5-16(14)20)11-15(18(17)22)19(25)24-6-8-26-9-7-24/h2-5,13,15H,6-12H2,1H3/t15-/m0/s1. The number of hydrogen-bond donors (Lipinski definition) is 0. The van der Waals surface area contributed by atoms with Gasteiger partial charge in [0.25, 0.3) is 0 Å². The number of fused-ring (bicyclic) bond motifs is 1. The molecule has 1 atom stereocenters. The molecular formula is C19H23FN4O2. The third-order valence-electron chi connectivity index (χ3n) is 5.18. The highest BCUT2D eigenvalue weighted by molar-refractivity contribution is 5.84. The molecule has 6 nitrogen and oxygen atoms in total. The number of nitrogens with zero attached hydrogens (tertiary/aromatic N) is 4. The zero-order valence-corrected chi connectivity index (χ0v) is 14.9. The van der Waals surface area contributed by atoms with E-state index in [0.29, 0.717) is 51.5 Å². The molecule has 0 N–H and O–H groups in total. The molecule has 3 heterocycles. The number of halogens is 1. The van der Waals surface area contributed by atoms with Crippen LogP contribution in [0.15, 0.2) is 30.6 Å². The normalized spacial score (nSPS) is 20.8. The van der Waals surface area contributed by atoms with E-state index in [-0.39, 0.29) is 17.6 Å². The van der Waals surface area contributed by atoms with Crippen molar-refractivity contribution in [2.24, 2.45) is 7.05 Å². The van der Waals surface area contributed by atoms with Gasteiger partial charge in [0.05, 0.1) is 36.8 Å². The van der Waals surface area contributed by atoms with Crippen molar-refractivity contribution in [2.45, 2.75) is 19.0 Å². The summed E-state index contributed by atoms with van der Waals surface area (Å²) in [7, 11) is 1.93. The number of amides is 1. The van der Waals surface area contributed by atoms with Crippen molar-refractivity contribution in [1.29, 1.82) is 0 Å². The van der Waals surface area contributed by atoms with E-state index in [1.165, 1.54) is 6.07 Å². The van der Waals surface area contributed by atoms with Crippen LogP contribution in [0.1, 0.15) is 22.9 Å². The minimum absolute atomic E-state index is 0.108. The average Bonchev–Trinajstić information content (AvgIpc) is 3.04. The number of ether oxygens (including phenoxy) is 1. The second kappa shape index (κ2) is 7.17. The van der Waals surface area contributed by atoms with Gasteiger partial charge in [-0.05, 0) is 6.07 Å². The summed E-state index contributed by atoms with van der Waals surface area (Å²) in [5.74, 6) is -0.386. The maximum Gasteiger partial charge on any atom is 0.233 e. The molecule has 1 amide bonds. The highest BCUT2D eigenvalue weighted by Crippen LogP contribution is 2.30. The molecule has 1 fully saturated rings. The van der Waals surface area contributed by atoms with Crippen molar-refractivity contribution in [3.63, 3.8) is 0 Å². The van der Waals surface area contributed by atoms with Crippen LogP contribution in [-0.4, -0.2) is 58.1 Å². The van der Waals surface area contributed by atoms with E-state index in [0.717, 1.165) is 11.4 Å². The molecule has 1 aromatic carbocycles. The van der Waals surface area contributed by atoms with Gasteiger partial charge in [-0.15, -0.1) is 0 Å². The molecule has 1 saturated heterocycles. The van der Waals surface area contributed by atoms with E-state index in [1.54, 1.807) is 18.5 Å². The quantitative estimate of drug-likeness (QED) is 0.835. The molecule has 26 heavy (non-hydrogen) atoms. The first-order valence-corrected chi connectivity index (χ1v) is 8.96. The Hall–Kier alpha value is -2.25. The summed E-state index contributed by atoms with van der Waals surface area (Å²) in [6.45, 7) is 4.06. The van der Waals surface area contributed by atoms with Gasteiger partial charge in [-0.25, -0.2) is 9.37 Å². The van der Waals surface area contributed by atoms with Gasteiger partial charge in [0, 0.05) is 45.3 Å². The number of aryl methyl sites for hydroxylation is 1. The van der Waals surface area contributed by atoms with Gasteiger partial charge in [-0.3, -0.25) is 9.69 Å². The maximum atomic E-state index is 14.1. The third kappa shape index (κ3) is 3.24. The van der Waals surface area contributed by atoms with Crippen LogP contribution in [-0.2, 0) is 29.7 Å². The molecule has 0 bridgehead atoms. The second-order valence-corrected chi connectivity index (χ2v) is 6.94. The number of carbonyl (C=O) groups excluding carboxylic acids is 1. The summed E-state index contributed by atoms with van der Waals surface area (Å²) < 4.78 is 21.4. The fourth-order valence-electron chi connectivity index (χ4n) is 3.87. The fourth-order valence-corrected chi connectivity index (χ4v) is 3.87. The third-order valence-corrected chi connectivity index (χ3v) is 5.18. The summed E-state index contributed by atoms with van der Waals surface area (Å²) in [6.07, 6.45) is 1.76. The first-order valence-electron chi connectivity index (χ1n) is 8.96. The van der Waals surface area contributed by atoms with Gasteiger partial charge >= 0.3 is 0 Å². The zero-order valence-electron chi connectivity index (χ0n) is 14.9. The summed E-state index contributed by atoms with van der Waals surface area (Å²) in [5, 5.41) is 0. The molecule has 2 aliphatic rings. The van der Waals surface area contributed by atoms with Crippen LogP contribution >= 0.6 is 0 Å². The van der Waals surface area contributed by atoms with Crippen molar-refractivity contribution < 1.29 is 13.9 Å². The minimum atomic E-state index is -0.281. The molecule has 7 heteroatoms. The first-order chi connectivity index (χ1) is 12.6. The molecule has 2 aromatic rings.